The fraction of sp³-hybridized carbons (Fsp3) is 0.516. The lowest BCUT2D eigenvalue weighted by molar-refractivity contribution is -0.0831. The number of fused-ring (bicyclic) bond motifs is 9. The number of hydrogen-bond acceptors (Lipinski definition) is 9. The van der Waals surface area contributed by atoms with Crippen molar-refractivity contribution in [1.82, 2.24) is 9.80 Å². The number of benzene rings is 2. The van der Waals surface area contributed by atoms with E-state index in [1.165, 1.54) is 5.56 Å². The van der Waals surface area contributed by atoms with Crippen molar-refractivity contribution in [2.45, 2.75) is 63.8 Å². The van der Waals surface area contributed by atoms with E-state index in [0.29, 0.717) is 30.9 Å². The van der Waals surface area contributed by atoms with Crippen molar-refractivity contribution in [3.63, 3.8) is 0 Å². The molecular formula is C31H37N3O6. The number of aliphatic hydroxyl groups excluding tert-OH is 1. The van der Waals surface area contributed by atoms with E-state index in [1.807, 2.05) is 6.92 Å². The molecule has 9 heteroatoms. The van der Waals surface area contributed by atoms with Crippen LogP contribution in [0.15, 0.2) is 18.7 Å². The van der Waals surface area contributed by atoms with Crippen molar-refractivity contribution >= 4 is 0 Å². The summed E-state index contributed by atoms with van der Waals surface area (Å²) in [4.78, 5) is 4.57. The van der Waals surface area contributed by atoms with Gasteiger partial charge in [-0.15, -0.1) is 0 Å². The number of aliphatic hydroxyl groups is 1. The van der Waals surface area contributed by atoms with Crippen LogP contribution in [0.4, 0.5) is 0 Å². The van der Waals surface area contributed by atoms with Gasteiger partial charge in [-0.25, -0.2) is 0 Å². The third kappa shape index (κ3) is 3.74. The molecule has 1 saturated heterocycles. The van der Waals surface area contributed by atoms with E-state index in [2.05, 4.69) is 49.4 Å². The second-order valence-electron chi connectivity index (χ2n) is 11.2. The second-order valence-corrected chi connectivity index (χ2v) is 11.2. The van der Waals surface area contributed by atoms with Gasteiger partial charge < -0.3 is 28.8 Å². The first-order chi connectivity index (χ1) is 19.4. The Bertz CT molecular complexity index is 1400. The number of piperazine rings is 1. The molecule has 2 bridgehead atoms. The van der Waals surface area contributed by atoms with Crippen LogP contribution in [0.3, 0.4) is 0 Å². The molecule has 4 aliphatic heterocycles. The Hall–Kier alpha value is -3.29. The molecule has 2 aromatic rings. The summed E-state index contributed by atoms with van der Waals surface area (Å²) in [5.74, 6) is 2.87. The predicted molar refractivity (Wildman–Crippen MR) is 148 cm³/mol. The molecule has 4 heterocycles. The Labute approximate surface area is 235 Å². The predicted octanol–water partition coefficient (Wildman–Crippen LogP) is 3.65. The Morgan fingerprint density at radius 2 is 1.88 bits per heavy atom. The first-order valence-corrected chi connectivity index (χ1v) is 13.8. The SMILES string of the molecule is C=CCOc1c(C)c2c(c3c1CC1C4c5c(cc(C)c(C)c5OCOC)C[C@@H]([C@H](C#N)N1[C@H]3CO)N4C)OCO2. The van der Waals surface area contributed by atoms with Gasteiger partial charge in [0.25, 0.3) is 0 Å². The Balaban J connectivity index is 1.59. The van der Waals surface area contributed by atoms with Crippen LogP contribution < -0.4 is 18.9 Å². The van der Waals surface area contributed by atoms with E-state index in [4.69, 9.17) is 23.7 Å². The van der Waals surface area contributed by atoms with Gasteiger partial charge in [0.05, 0.1) is 24.8 Å². The summed E-state index contributed by atoms with van der Waals surface area (Å²) in [5.41, 5.74) is 7.30. The van der Waals surface area contributed by atoms with Gasteiger partial charge in [0, 0.05) is 41.4 Å². The van der Waals surface area contributed by atoms with Gasteiger partial charge in [-0.1, -0.05) is 18.7 Å². The summed E-state index contributed by atoms with van der Waals surface area (Å²) in [6.07, 6.45) is 3.03. The van der Waals surface area contributed by atoms with Crippen molar-refractivity contribution in [3.05, 3.63) is 57.7 Å². The molecule has 5 atom stereocenters. The number of ether oxygens (including phenoxy) is 5. The van der Waals surface area contributed by atoms with Gasteiger partial charge in [0.1, 0.15) is 24.1 Å². The molecule has 0 aliphatic carbocycles. The normalized spacial score (nSPS) is 26.4. The molecule has 9 nitrogen and oxygen atoms in total. The van der Waals surface area contributed by atoms with Gasteiger partial charge in [0.15, 0.2) is 18.3 Å². The van der Waals surface area contributed by atoms with Gasteiger partial charge in [-0.2, -0.15) is 5.26 Å². The van der Waals surface area contributed by atoms with E-state index >= 15 is 0 Å². The Morgan fingerprint density at radius 3 is 2.58 bits per heavy atom. The lowest BCUT2D eigenvalue weighted by Gasteiger charge is -2.60. The number of likely N-dealkylation sites (N-methyl/N-ethyl adjacent to an activating group) is 1. The maximum Gasteiger partial charge on any atom is 0.231 e. The minimum Gasteiger partial charge on any atom is -0.489 e. The van der Waals surface area contributed by atoms with Crippen LogP contribution in [-0.4, -0.2) is 74.0 Å². The quantitative estimate of drug-likeness (QED) is 0.412. The molecule has 0 spiro atoms. The van der Waals surface area contributed by atoms with E-state index < -0.39 is 12.1 Å². The molecule has 0 radical (unpaired) electrons. The molecule has 1 fully saturated rings. The zero-order valence-corrected chi connectivity index (χ0v) is 23.8. The zero-order valence-electron chi connectivity index (χ0n) is 23.8. The molecule has 0 saturated carbocycles. The fourth-order valence-electron chi connectivity index (χ4n) is 7.49. The fourth-order valence-corrected chi connectivity index (χ4v) is 7.49. The van der Waals surface area contributed by atoms with Gasteiger partial charge >= 0.3 is 0 Å². The van der Waals surface area contributed by atoms with Crippen molar-refractivity contribution in [1.29, 1.82) is 5.26 Å². The Morgan fingerprint density at radius 1 is 1.10 bits per heavy atom. The van der Waals surface area contributed by atoms with Crippen LogP contribution in [0.5, 0.6) is 23.0 Å². The van der Waals surface area contributed by atoms with Crippen LogP contribution in [0.1, 0.15) is 51.0 Å². The lowest BCUT2D eigenvalue weighted by atomic mass is 9.71. The number of hydrogen-bond donors (Lipinski definition) is 1. The summed E-state index contributed by atoms with van der Waals surface area (Å²) >= 11 is 0. The monoisotopic (exact) mass is 547 g/mol. The highest BCUT2D eigenvalue weighted by molar-refractivity contribution is 5.66. The zero-order chi connectivity index (χ0) is 28.3. The number of rotatable bonds is 7. The summed E-state index contributed by atoms with van der Waals surface area (Å²) in [6.45, 7) is 10.4. The van der Waals surface area contributed by atoms with Crippen LogP contribution in [-0.2, 0) is 17.6 Å². The number of nitrogens with zero attached hydrogens (tertiary/aromatic N) is 3. The lowest BCUT2D eigenvalue weighted by Crippen LogP contribution is -2.68. The summed E-state index contributed by atoms with van der Waals surface area (Å²) in [5, 5.41) is 21.6. The van der Waals surface area contributed by atoms with Gasteiger partial charge in [0.2, 0.25) is 6.79 Å². The molecule has 40 heavy (non-hydrogen) atoms. The molecule has 4 aliphatic rings. The minimum absolute atomic E-state index is 0.0566. The van der Waals surface area contributed by atoms with Crippen molar-refractivity contribution in [3.8, 4) is 29.1 Å². The molecule has 0 amide bonds. The maximum absolute atomic E-state index is 11.0. The standard InChI is InChI=1S/C31H37N3O6/c1-7-8-37-28-18(4)30-31(40-15-39-30)26-20(28)11-22-27-25-19(9-16(2)17(3)29(25)38-14-36-6)10-21(33(27)5)23(12-32)34(22)24(26)13-35/h7,9,21-24,27,35H,1,8,10-11,13-15H2,2-6H3/t21-,22?,23-,24-,27?/m0/s1. The summed E-state index contributed by atoms with van der Waals surface area (Å²) in [7, 11) is 3.74. The average Bonchev–Trinajstić information content (AvgIpc) is 3.44. The second kappa shape index (κ2) is 10.3. The van der Waals surface area contributed by atoms with Crippen molar-refractivity contribution in [2.75, 3.05) is 41.0 Å². The van der Waals surface area contributed by atoms with Crippen molar-refractivity contribution in [2.24, 2.45) is 0 Å². The maximum atomic E-state index is 11.0. The third-order valence-corrected chi connectivity index (χ3v) is 9.25. The van der Waals surface area contributed by atoms with E-state index in [9.17, 15) is 10.4 Å². The number of nitriles is 1. The minimum atomic E-state index is -0.462. The molecule has 2 unspecified atom stereocenters. The van der Waals surface area contributed by atoms with Crippen molar-refractivity contribution < 1.29 is 28.8 Å². The van der Waals surface area contributed by atoms with Crippen LogP contribution in [0, 0.1) is 32.1 Å². The first kappa shape index (κ1) is 26.9. The first-order valence-electron chi connectivity index (χ1n) is 13.8. The highest BCUT2D eigenvalue weighted by Crippen LogP contribution is 2.57. The number of aryl methyl sites for hydroxylation is 1. The smallest absolute Gasteiger partial charge is 0.231 e. The molecular weight excluding hydrogens is 510 g/mol. The summed E-state index contributed by atoms with van der Waals surface area (Å²) < 4.78 is 29.8. The molecule has 212 valence electrons. The highest BCUT2D eigenvalue weighted by Gasteiger charge is 2.56. The molecule has 6 rings (SSSR count). The van der Waals surface area contributed by atoms with E-state index in [-0.39, 0.29) is 38.3 Å². The van der Waals surface area contributed by atoms with Gasteiger partial charge in [-0.05, 0) is 57.4 Å². The van der Waals surface area contributed by atoms with E-state index in [1.54, 1.807) is 13.2 Å². The van der Waals surface area contributed by atoms with Gasteiger partial charge in [-0.3, -0.25) is 9.80 Å². The molecule has 0 aromatic heterocycles. The third-order valence-electron chi connectivity index (χ3n) is 9.25. The van der Waals surface area contributed by atoms with E-state index in [0.717, 1.165) is 44.9 Å². The van der Waals surface area contributed by atoms with Crippen LogP contribution in [0.2, 0.25) is 0 Å². The van der Waals surface area contributed by atoms with Crippen LogP contribution in [0.25, 0.3) is 0 Å². The number of methoxy groups -OCH3 is 1. The topological polar surface area (TPSA) is 96.7 Å². The Kier molecular flexibility index (Phi) is 6.91. The average molecular weight is 548 g/mol. The highest BCUT2D eigenvalue weighted by atomic mass is 16.7. The largest absolute Gasteiger partial charge is 0.489 e. The molecule has 1 N–H and O–H groups in total. The molecule has 2 aromatic carbocycles. The van der Waals surface area contributed by atoms with Crippen LogP contribution >= 0.6 is 0 Å². The summed E-state index contributed by atoms with van der Waals surface area (Å²) in [6, 6.07) is 3.71.